The highest BCUT2D eigenvalue weighted by Gasteiger charge is 2.16. The van der Waals surface area contributed by atoms with Crippen molar-refractivity contribution in [3.05, 3.63) is 94.5 Å². The molecule has 11 heteroatoms. The number of nitrogens with two attached hydrogens (primary N) is 1. The van der Waals surface area contributed by atoms with Crippen LogP contribution in [0.15, 0.2) is 78.9 Å². The third-order valence-electron chi connectivity index (χ3n) is 7.22. The zero-order valence-electron chi connectivity index (χ0n) is 27.1. The van der Waals surface area contributed by atoms with Crippen LogP contribution in [0.2, 0.25) is 10.0 Å². The maximum Gasteiger partial charge on any atom is 0.161 e. The van der Waals surface area contributed by atoms with Gasteiger partial charge >= 0.3 is 0 Å². The van der Waals surface area contributed by atoms with Crippen molar-refractivity contribution in [3.63, 3.8) is 0 Å². The lowest BCUT2D eigenvalue weighted by Crippen LogP contribution is -2.38. The van der Waals surface area contributed by atoms with Gasteiger partial charge in [0, 0.05) is 41.5 Å². The highest BCUT2D eigenvalue weighted by Crippen LogP contribution is 2.33. The van der Waals surface area contributed by atoms with E-state index in [9.17, 15) is 10.2 Å². The molecule has 5 rings (SSSR count). The number of fused-ring (bicyclic) bond motifs is 3. The molecule has 0 radical (unpaired) electrons. The zero-order chi connectivity index (χ0) is 34.0. The number of hydrogen-bond acceptors (Lipinski definition) is 8. The molecule has 0 saturated carbocycles. The highest BCUT2D eigenvalue weighted by molar-refractivity contribution is 6.38. The zero-order valence-corrected chi connectivity index (χ0v) is 28.7. The minimum atomic E-state index is -0.662. The number of ether oxygens (including phenoxy) is 3. The van der Waals surface area contributed by atoms with Crippen LogP contribution in [-0.2, 0) is 0 Å². The summed E-state index contributed by atoms with van der Waals surface area (Å²) in [5.74, 6) is 2.18. The monoisotopic (exact) mass is 682 g/mol. The lowest BCUT2D eigenvalue weighted by atomic mass is 10.1. The van der Waals surface area contributed by atoms with Crippen LogP contribution in [-0.4, -0.2) is 66.8 Å². The number of aromatic amines is 1. The van der Waals surface area contributed by atoms with Crippen LogP contribution in [0.1, 0.15) is 32.4 Å². The van der Waals surface area contributed by atoms with Crippen LogP contribution in [0.5, 0.6) is 17.2 Å². The van der Waals surface area contributed by atoms with Crippen molar-refractivity contribution in [1.29, 1.82) is 0 Å². The Hall–Kier alpha value is -3.70. The first-order valence-corrected chi connectivity index (χ1v) is 16.2. The molecular weight excluding hydrogens is 639 g/mol. The van der Waals surface area contributed by atoms with E-state index in [-0.39, 0.29) is 12.1 Å². The first-order valence-electron chi connectivity index (χ1n) is 15.4. The van der Waals surface area contributed by atoms with Gasteiger partial charge in [-0.25, -0.2) is 0 Å². The van der Waals surface area contributed by atoms with E-state index < -0.39 is 12.2 Å². The summed E-state index contributed by atoms with van der Waals surface area (Å²) in [5, 5.41) is 29.6. The van der Waals surface area contributed by atoms with Crippen LogP contribution >= 0.6 is 23.2 Å². The molecule has 0 saturated heterocycles. The van der Waals surface area contributed by atoms with Gasteiger partial charge in [0.2, 0.25) is 0 Å². The number of benzene rings is 4. The van der Waals surface area contributed by atoms with Gasteiger partial charge in [-0.3, -0.25) is 0 Å². The van der Waals surface area contributed by atoms with Gasteiger partial charge in [0.1, 0.15) is 25.1 Å². The molecule has 0 spiro atoms. The van der Waals surface area contributed by atoms with Crippen molar-refractivity contribution < 1.29 is 24.4 Å². The van der Waals surface area contributed by atoms with Crippen molar-refractivity contribution in [2.75, 3.05) is 45.7 Å². The van der Waals surface area contributed by atoms with Gasteiger partial charge in [-0.15, -0.1) is 0 Å². The number of aliphatic hydroxyl groups is 2. The number of anilines is 1. The molecule has 0 aliphatic rings. The minimum Gasteiger partial charge on any atom is -0.493 e. The molecule has 252 valence electrons. The molecular formula is C36H44Cl2N4O5. The lowest BCUT2D eigenvalue weighted by molar-refractivity contribution is 0.106. The van der Waals surface area contributed by atoms with Crippen molar-refractivity contribution >= 4 is 50.7 Å². The molecule has 7 N–H and O–H groups in total. The Morgan fingerprint density at radius 1 is 0.830 bits per heavy atom. The second-order valence-electron chi connectivity index (χ2n) is 12.1. The summed E-state index contributed by atoms with van der Waals surface area (Å²) in [6.07, 6.45) is -1.29. The molecule has 9 nitrogen and oxygen atoms in total. The van der Waals surface area contributed by atoms with E-state index >= 15 is 0 Å². The topological polar surface area (TPSA) is 134 Å². The maximum absolute atomic E-state index is 10.3. The summed E-state index contributed by atoms with van der Waals surface area (Å²) >= 11 is 11.8. The average molecular weight is 684 g/mol. The summed E-state index contributed by atoms with van der Waals surface area (Å²) in [5.41, 5.74) is 8.67. The number of para-hydroxylation sites is 3. The number of rotatable bonds is 13. The molecule has 1 aromatic heterocycles. The standard InChI is InChI=1S/C24H26N2O4.C12H18Cl2N2O/c1-28-21-10-4-5-11-22(21)29-14-13-25-15-17(27)16-30-23-12-6-9-20-24(23)18-7-2-3-8-19(18)26-20;1-12(2,3)16-6-10(17)7-4-8(13)11(15)9(14)5-7/h2-12,17,25-27H,13-16H2,1H3;4-5,10,16-17H,6,15H2,1-3H3. The Morgan fingerprint density at radius 2 is 1.47 bits per heavy atom. The quantitative estimate of drug-likeness (QED) is 0.0594. The summed E-state index contributed by atoms with van der Waals surface area (Å²) in [6.45, 7) is 8.22. The minimum absolute atomic E-state index is 0.0532. The molecule has 0 aliphatic heterocycles. The molecule has 0 aliphatic carbocycles. The average Bonchev–Trinajstić information content (AvgIpc) is 3.44. The van der Waals surface area contributed by atoms with Crippen LogP contribution in [0.4, 0.5) is 5.69 Å². The van der Waals surface area contributed by atoms with Gasteiger partial charge in [-0.05, 0) is 68.8 Å². The Balaban J connectivity index is 0.000000251. The normalized spacial score (nSPS) is 12.8. The fraction of sp³-hybridized carbons (Fsp3) is 0.333. The van der Waals surface area contributed by atoms with Crippen LogP contribution in [0, 0.1) is 0 Å². The van der Waals surface area contributed by atoms with Gasteiger partial charge in [0.05, 0.1) is 34.5 Å². The molecule has 2 atom stereocenters. The molecule has 4 aromatic carbocycles. The third-order valence-corrected chi connectivity index (χ3v) is 7.85. The number of methoxy groups -OCH3 is 1. The molecule has 0 fully saturated rings. The molecule has 5 aromatic rings. The maximum atomic E-state index is 10.3. The van der Waals surface area contributed by atoms with Crippen molar-refractivity contribution in [3.8, 4) is 17.2 Å². The molecule has 0 bridgehead atoms. The van der Waals surface area contributed by atoms with Gasteiger partial charge in [-0.2, -0.15) is 0 Å². The third kappa shape index (κ3) is 10.4. The fourth-order valence-electron chi connectivity index (χ4n) is 4.79. The number of halogens is 2. The van der Waals surface area contributed by atoms with E-state index in [1.54, 1.807) is 19.2 Å². The highest BCUT2D eigenvalue weighted by atomic mass is 35.5. The number of β-amino-alcohol motifs (C(OH)–C–C–N with tert-alkyl or cyclic N) is 1. The van der Waals surface area contributed by atoms with E-state index in [2.05, 4.69) is 21.7 Å². The summed E-state index contributed by atoms with van der Waals surface area (Å²) < 4.78 is 16.9. The second-order valence-corrected chi connectivity index (χ2v) is 12.9. The van der Waals surface area contributed by atoms with E-state index in [1.165, 1.54) is 0 Å². The van der Waals surface area contributed by atoms with Gasteiger partial charge in [0.25, 0.3) is 0 Å². The number of nitrogens with one attached hydrogen (secondary N) is 3. The smallest absolute Gasteiger partial charge is 0.161 e. The van der Waals surface area contributed by atoms with Crippen molar-refractivity contribution in [2.24, 2.45) is 0 Å². The van der Waals surface area contributed by atoms with Crippen molar-refractivity contribution in [2.45, 2.75) is 38.5 Å². The molecule has 2 unspecified atom stereocenters. The summed E-state index contributed by atoms with van der Waals surface area (Å²) in [4.78, 5) is 3.40. The van der Waals surface area contributed by atoms with Crippen LogP contribution in [0.3, 0.4) is 0 Å². The van der Waals surface area contributed by atoms with Crippen molar-refractivity contribution in [1.82, 2.24) is 15.6 Å². The SMILES string of the molecule is CC(C)(C)NCC(O)c1cc(Cl)c(N)c(Cl)c1.COc1ccccc1OCCNCC(O)COc1cccc2[nH]c3ccccc3c12. The van der Waals surface area contributed by atoms with E-state index in [4.69, 9.17) is 43.1 Å². The molecule has 1 heterocycles. The first-order chi connectivity index (χ1) is 22.5. The number of H-pyrrole nitrogens is 1. The van der Waals surface area contributed by atoms with Crippen LogP contribution < -0.4 is 30.6 Å². The number of hydrogen-bond donors (Lipinski definition) is 6. The number of aromatic nitrogens is 1. The van der Waals surface area contributed by atoms with Gasteiger partial charge in [0.15, 0.2) is 11.5 Å². The van der Waals surface area contributed by atoms with Crippen LogP contribution in [0.25, 0.3) is 21.8 Å². The summed E-state index contributed by atoms with van der Waals surface area (Å²) in [7, 11) is 1.62. The first kappa shape index (κ1) is 36.1. The Kier molecular flexibility index (Phi) is 13.0. The van der Waals surface area contributed by atoms with E-state index in [0.717, 1.165) is 27.6 Å². The van der Waals surface area contributed by atoms with Gasteiger partial charge in [-0.1, -0.05) is 59.6 Å². The predicted molar refractivity (Wildman–Crippen MR) is 192 cm³/mol. The lowest BCUT2D eigenvalue weighted by Gasteiger charge is -2.23. The van der Waals surface area contributed by atoms with E-state index in [1.807, 2.05) is 81.4 Å². The second kappa shape index (κ2) is 16.9. The molecule has 47 heavy (non-hydrogen) atoms. The fourth-order valence-corrected chi connectivity index (χ4v) is 5.29. The predicted octanol–water partition coefficient (Wildman–Crippen LogP) is 6.74. The largest absolute Gasteiger partial charge is 0.493 e. The van der Waals surface area contributed by atoms with E-state index in [0.29, 0.717) is 59.0 Å². The number of nitrogen functional groups attached to an aromatic ring is 1. The molecule has 0 amide bonds. The Labute approximate surface area is 285 Å². The van der Waals surface area contributed by atoms with Gasteiger partial charge < -0.3 is 45.8 Å². The summed E-state index contributed by atoms with van der Waals surface area (Å²) in [6, 6.07) is 24.9. The Morgan fingerprint density at radius 3 is 2.17 bits per heavy atom. The Bertz CT molecular complexity index is 1720. The number of aliphatic hydroxyl groups excluding tert-OH is 2.